The van der Waals surface area contributed by atoms with Crippen LogP contribution in [-0.4, -0.2) is 67.5 Å². The van der Waals surface area contributed by atoms with Gasteiger partial charge in [0.2, 0.25) is 0 Å². The summed E-state index contributed by atoms with van der Waals surface area (Å²) in [6, 6.07) is 0.707. The first kappa shape index (κ1) is 23.2. The minimum atomic E-state index is -0.432. The van der Waals surface area contributed by atoms with E-state index in [1.54, 1.807) is 7.11 Å². The van der Waals surface area contributed by atoms with Gasteiger partial charge in [-0.05, 0) is 81.1 Å². The predicted octanol–water partition coefficient (Wildman–Crippen LogP) is 4.22. The Bertz CT molecular complexity index is 1060. The number of aromatic amines is 1. The Labute approximate surface area is 203 Å². The third kappa shape index (κ3) is 4.81. The molecule has 2 aliphatic carbocycles. The predicted molar refractivity (Wildman–Crippen MR) is 139 cm³/mol. The number of ether oxygens (including phenoxy) is 1. The van der Waals surface area contributed by atoms with E-state index in [-0.39, 0.29) is 0 Å². The molecule has 4 N–H and O–H groups in total. The molecule has 1 aromatic heterocycles. The van der Waals surface area contributed by atoms with E-state index in [1.165, 1.54) is 42.5 Å². The SMILES string of the molecule is COC1=CCCC=C1c1c[nH]c2c1C=C(C1=CC=C(CNCCC3CCCN3C)C(O)C1)CN2. The van der Waals surface area contributed by atoms with Crippen molar-refractivity contribution in [2.75, 3.05) is 45.7 Å². The van der Waals surface area contributed by atoms with Gasteiger partial charge >= 0.3 is 0 Å². The molecule has 6 heteroatoms. The maximum Gasteiger partial charge on any atom is 0.122 e. The number of allylic oxidation sites excluding steroid dienone is 5. The number of aliphatic hydroxyl groups is 1. The molecule has 1 saturated heterocycles. The van der Waals surface area contributed by atoms with Crippen LogP contribution in [0.4, 0.5) is 5.82 Å². The Balaban J connectivity index is 1.26. The average Bonchev–Trinajstić information content (AvgIpc) is 3.47. The molecule has 0 bridgehead atoms. The molecule has 0 spiro atoms. The molecular formula is C28H38N4O2. The molecular weight excluding hydrogens is 424 g/mol. The largest absolute Gasteiger partial charge is 0.496 e. The fraction of sp³-hybridized carbons (Fsp3) is 0.500. The Hall–Kier alpha value is -2.54. The zero-order valence-electron chi connectivity index (χ0n) is 20.5. The second kappa shape index (κ2) is 10.4. The van der Waals surface area contributed by atoms with Gasteiger partial charge in [0, 0.05) is 48.4 Å². The molecule has 5 rings (SSSR count). The number of aliphatic hydroxyl groups excluding tert-OH is 1. The number of aromatic nitrogens is 1. The van der Waals surface area contributed by atoms with E-state index in [1.807, 2.05) is 0 Å². The van der Waals surface area contributed by atoms with E-state index in [4.69, 9.17) is 4.74 Å². The molecule has 34 heavy (non-hydrogen) atoms. The second-order valence-corrected chi connectivity index (χ2v) is 9.88. The quantitative estimate of drug-likeness (QED) is 0.436. The maximum atomic E-state index is 10.9. The normalized spacial score (nSPS) is 25.0. The Kier molecular flexibility index (Phi) is 7.09. The summed E-state index contributed by atoms with van der Waals surface area (Å²) in [5.41, 5.74) is 7.01. The van der Waals surface area contributed by atoms with Crippen LogP contribution < -0.4 is 10.6 Å². The van der Waals surface area contributed by atoms with Crippen LogP contribution in [0.2, 0.25) is 0 Å². The first-order chi connectivity index (χ1) is 16.6. The van der Waals surface area contributed by atoms with Gasteiger partial charge in [-0.3, -0.25) is 0 Å². The number of hydrogen-bond acceptors (Lipinski definition) is 5. The smallest absolute Gasteiger partial charge is 0.122 e. The van der Waals surface area contributed by atoms with E-state index < -0.39 is 6.10 Å². The van der Waals surface area contributed by atoms with Crippen molar-refractivity contribution in [1.29, 1.82) is 0 Å². The molecule has 4 aliphatic rings. The lowest BCUT2D eigenvalue weighted by atomic mass is 9.88. The van der Waals surface area contributed by atoms with Crippen molar-refractivity contribution in [3.8, 4) is 0 Å². The number of rotatable bonds is 8. The van der Waals surface area contributed by atoms with Crippen LogP contribution in [0.15, 0.2) is 53.0 Å². The summed E-state index contributed by atoms with van der Waals surface area (Å²) in [6.07, 6.45) is 19.2. The molecule has 0 saturated carbocycles. The highest BCUT2D eigenvalue weighted by molar-refractivity contribution is 5.89. The van der Waals surface area contributed by atoms with Gasteiger partial charge in [-0.1, -0.05) is 18.2 Å². The number of methoxy groups -OCH3 is 1. The van der Waals surface area contributed by atoms with Crippen molar-refractivity contribution in [3.63, 3.8) is 0 Å². The van der Waals surface area contributed by atoms with Crippen molar-refractivity contribution in [1.82, 2.24) is 15.2 Å². The molecule has 3 heterocycles. The number of hydrogen-bond donors (Lipinski definition) is 4. The Morgan fingerprint density at radius 3 is 2.88 bits per heavy atom. The monoisotopic (exact) mass is 462 g/mol. The highest BCUT2D eigenvalue weighted by Crippen LogP contribution is 2.38. The van der Waals surface area contributed by atoms with E-state index >= 15 is 0 Å². The fourth-order valence-corrected chi connectivity index (χ4v) is 5.64. The van der Waals surface area contributed by atoms with E-state index in [2.05, 4.69) is 64.1 Å². The van der Waals surface area contributed by atoms with Gasteiger partial charge in [-0.25, -0.2) is 0 Å². The Morgan fingerprint density at radius 2 is 2.09 bits per heavy atom. The van der Waals surface area contributed by atoms with Crippen LogP contribution >= 0.6 is 0 Å². The molecule has 1 aromatic rings. The van der Waals surface area contributed by atoms with Crippen LogP contribution in [0.1, 0.15) is 49.7 Å². The van der Waals surface area contributed by atoms with Crippen LogP contribution in [0.3, 0.4) is 0 Å². The number of anilines is 1. The van der Waals surface area contributed by atoms with E-state index in [9.17, 15) is 5.11 Å². The number of nitrogens with one attached hydrogen (secondary N) is 3. The van der Waals surface area contributed by atoms with Crippen LogP contribution in [0, 0.1) is 0 Å². The third-order valence-electron chi connectivity index (χ3n) is 7.72. The summed E-state index contributed by atoms with van der Waals surface area (Å²) >= 11 is 0. The van der Waals surface area contributed by atoms with Gasteiger partial charge in [0.05, 0.1) is 13.2 Å². The molecule has 0 amide bonds. The van der Waals surface area contributed by atoms with Gasteiger partial charge in [0.1, 0.15) is 11.6 Å². The van der Waals surface area contributed by atoms with Crippen molar-refractivity contribution < 1.29 is 9.84 Å². The topological polar surface area (TPSA) is 72.5 Å². The van der Waals surface area contributed by atoms with Crippen LogP contribution in [0.25, 0.3) is 11.6 Å². The first-order valence-corrected chi connectivity index (χ1v) is 12.7. The molecule has 2 aliphatic heterocycles. The highest BCUT2D eigenvalue weighted by atomic mass is 16.5. The summed E-state index contributed by atoms with van der Waals surface area (Å²) < 4.78 is 5.64. The van der Waals surface area contributed by atoms with Gasteiger partial charge in [0.15, 0.2) is 0 Å². The zero-order valence-corrected chi connectivity index (χ0v) is 20.5. The maximum absolute atomic E-state index is 10.9. The van der Waals surface area contributed by atoms with Gasteiger partial charge in [-0.2, -0.15) is 0 Å². The number of nitrogens with zero attached hydrogens (tertiary/aromatic N) is 1. The standard InChI is InChI=1S/C28H38N4O2/c1-32-13-5-6-22(32)11-12-29-16-20-10-9-19(15-26(20)33)21-14-24-25(18-31-28(24)30-17-21)23-7-3-4-8-27(23)34-2/h7-10,14,18,22,26,29-31,33H,3-6,11-13,15-17H2,1-2H3. The number of likely N-dealkylation sites (tertiary alicyclic amines) is 1. The van der Waals surface area contributed by atoms with Gasteiger partial charge in [0.25, 0.3) is 0 Å². The lowest BCUT2D eigenvalue weighted by Gasteiger charge is -2.26. The summed E-state index contributed by atoms with van der Waals surface area (Å²) in [5, 5.41) is 17.9. The summed E-state index contributed by atoms with van der Waals surface area (Å²) in [4.78, 5) is 5.86. The zero-order chi connectivity index (χ0) is 23.5. The Morgan fingerprint density at radius 1 is 1.21 bits per heavy atom. The summed E-state index contributed by atoms with van der Waals surface area (Å²) in [7, 11) is 3.97. The molecule has 2 atom stereocenters. The van der Waals surface area contributed by atoms with Crippen molar-refractivity contribution in [2.24, 2.45) is 0 Å². The molecule has 2 unspecified atom stereocenters. The second-order valence-electron chi connectivity index (χ2n) is 9.88. The molecule has 0 aromatic carbocycles. The van der Waals surface area contributed by atoms with Crippen molar-refractivity contribution in [2.45, 2.75) is 50.7 Å². The lowest BCUT2D eigenvalue weighted by Crippen LogP contribution is -2.31. The molecule has 6 nitrogen and oxygen atoms in total. The van der Waals surface area contributed by atoms with Crippen LogP contribution in [-0.2, 0) is 4.74 Å². The molecule has 182 valence electrons. The first-order valence-electron chi connectivity index (χ1n) is 12.7. The number of H-pyrrole nitrogens is 1. The van der Waals surface area contributed by atoms with Crippen molar-refractivity contribution in [3.05, 3.63) is 64.1 Å². The molecule has 1 fully saturated rings. The average molecular weight is 463 g/mol. The minimum Gasteiger partial charge on any atom is -0.496 e. The summed E-state index contributed by atoms with van der Waals surface area (Å²) in [5.74, 6) is 1.99. The lowest BCUT2D eigenvalue weighted by molar-refractivity contribution is 0.206. The van der Waals surface area contributed by atoms with Gasteiger partial charge in [-0.15, -0.1) is 0 Å². The fourth-order valence-electron chi connectivity index (χ4n) is 5.64. The van der Waals surface area contributed by atoms with Crippen molar-refractivity contribution >= 4 is 17.5 Å². The van der Waals surface area contributed by atoms with Gasteiger partial charge < -0.3 is 30.4 Å². The van der Waals surface area contributed by atoms with E-state index in [0.29, 0.717) is 12.5 Å². The minimum absolute atomic E-state index is 0.432. The third-order valence-corrected chi connectivity index (χ3v) is 7.72. The summed E-state index contributed by atoms with van der Waals surface area (Å²) in [6.45, 7) is 3.73. The highest BCUT2D eigenvalue weighted by Gasteiger charge is 2.25. The molecule has 0 radical (unpaired) electrons. The van der Waals surface area contributed by atoms with Crippen LogP contribution in [0.5, 0.6) is 0 Å². The van der Waals surface area contributed by atoms with E-state index in [0.717, 1.165) is 60.8 Å². The number of fused-ring (bicyclic) bond motifs is 1.